The van der Waals surface area contributed by atoms with E-state index in [1.165, 1.54) is 5.56 Å². The van der Waals surface area contributed by atoms with E-state index >= 15 is 0 Å². The van der Waals surface area contributed by atoms with Crippen LogP contribution in [0.2, 0.25) is 0 Å². The van der Waals surface area contributed by atoms with E-state index in [4.69, 9.17) is 4.74 Å². The molecule has 0 aliphatic rings. The minimum atomic E-state index is 0.597. The molecule has 120 valence electrons. The number of nitrogens with one attached hydrogen (secondary N) is 1. The van der Waals surface area contributed by atoms with Crippen LogP contribution in [0.3, 0.4) is 0 Å². The van der Waals surface area contributed by atoms with Crippen molar-refractivity contribution < 1.29 is 4.74 Å². The molecule has 0 unspecified atom stereocenters. The number of pyridine rings is 1. The predicted molar refractivity (Wildman–Crippen MR) is 89.7 cm³/mol. The van der Waals surface area contributed by atoms with Gasteiger partial charge in [-0.25, -0.2) is 4.98 Å². The van der Waals surface area contributed by atoms with Gasteiger partial charge in [0.15, 0.2) is 0 Å². The Bertz CT molecular complexity index is 380. The van der Waals surface area contributed by atoms with Crippen LogP contribution in [0.25, 0.3) is 0 Å². The quantitative estimate of drug-likeness (QED) is 0.677. The second-order valence-electron chi connectivity index (χ2n) is 5.37. The first kappa shape index (κ1) is 17.9. The van der Waals surface area contributed by atoms with Gasteiger partial charge < -0.3 is 10.1 Å². The van der Waals surface area contributed by atoms with Gasteiger partial charge in [-0.3, -0.25) is 4.90 Å². The van der Waals surface area contributed by atoms with Crippen LogP contribution < -0.4 is 5.32 Å². The van der Waals surface area contributed by atoms with Gasteiger partial charge in [0.25, 0.3) is 0 Å². The summed E-state index contributed by atoms with van der Waals surface area (Å²) >= 11 is 0. The van der Waals surface area contributed by atoms with Crippen LogP contribution in [0.4, 0.5) is 5.82 Å². The second-order valence-corrected chi connectivity index (χ2v) is 5.37. The molecule has 0 saturated carbocycles. The first-order valence-corrected chi connectivity index (χ1v) is 8.17. The van der Waals surface area contributed by atoms with Crippen molar-refractivity contribution in [3.05, 3.63) is 23.9 Å². The summed E-state index contributed by atoms with van der Waals surface area (Å²) in [6.07, 6.45) is 5.30. The number of ether oxygens (including phenoxy) is 1. The number of rotatable bonds is 11. The monoisotopic (exact) mass is 293 g/mol. The van der Waals surface area contributed by atoms with Crippen LogP contribution in [-0.4, -0.2) is 42.7 Å². The first-order chi connectivity index (χ1) is 10.3. The summed E-state index contributed by atoms with van der Waals surface area (Å²) in [5, 5.41) is 3.43. The van der Waals surface area contributed by atoms with Crippen LogP contribution in [0.15, 0.2) is 18.3 Å². The van der Waals surface area contributed by atoms with Gasteiger partial charge in [0.1, 0.15) is 5.82 Å². The standard InChI is InChI=1S/C17H31N3O/c1-5-10-18-17-15(9-8-11-19-17)14-20(12-13-21-4)16(6-2)7-3/h8-9,11,16H,5-7,10,12-14H2,1-4H3,(H,18,19). The van der Waals surface area contributed by atoms with E-state index in [9.17, 15) is 0 Å². The summed E-state index contributed by atoms with van der Waals surface area (Å²) in [4.78, 5) is 7.00. The van der Waals surface area contributed by atoms with Crippen molar-refractivity contribution in [3.8, 4) is 0 Å². The van der Waals surface area contributed by atoms with Gasteiger partial charge in [-0.1, -0.05) is 26.8 Å². The molecule has 0 atom stereocenters. The van der Waals surface area contributed by atoms with E-state index in [1.807, 2.05) is 12.3 Å². The minimum Gasteiger partial charge on any atom is -0.383 e. The van der Waals surface area contributed by atoms with E-state index in [0.29, 0.717) is 6.04 Å². The first-order valence-electron chi connectivity index (χ1n) is 8.17. The number of hydrogen-bond acceptors (Lipinski definition) is 4. The molecule has 0 bridgehead atoms. The van der Waals surface area contributed by atoms with Crippen molar-refractivity contribution in [3.63, 3.8) is 0 Å². The average Bonchev–Trinajstić information content (AvgIpc) is 2.52. The second kappa shape index (κ2) is 10.6. The van der Waals surface area contributed by atoms with Crippen LogP contribution >= 0.6 is 0 Å². The van der Waals surface area contributed by atoms with Crippen molar-refractivity contribution >= 4 is 5.82 Å². The molecular weight excluding hydrogens is 262 g/mol. The van der Waals surface area contributed by atoms with Crippen molar-refractivity contribution in [1.82, 2.24) is 9.88 Å². The number of hydrogen-bond donors (Lipinski definition) is 1. The molecule has 4 heteroatoms. The van der Waals surface area contributed by atoms with E-state index in [-0.39, 0.29) is 0 Å². The maximum Gasteiger partial charge on any atom is 0.130 e. The highest BCUT2D eigenvalue weighted by molar-refractivity contribution is 5.43. The number of methoxy groups -OCH3 is 1. The molecule has 0 aliphatic carbocycles. The average molecular weight is 293 g/mol. The van der Waals surface area contributed by atoms with Gasteiger partial charge in [0.2, 0.25) is 0 Å². The molecule has 0 aliphatic heterocycles. The Labute approximate surface area is 129 Å². The molecule has 0 saturated heterocycles. The highest BCUT2D eigenvalue weighted by atomic mass is 16.5. The lowest BCUT2D eigenvalue weighted by molar-refractivity contribution is 0.110. The van der Waals surface area contributed by atoms with Crippen LogP contribution in [0, 0.1) is 0 Å². The topological polar surface area (TPSA) is 37.4 Å². The Hall–Kier alpha value is -1.13. The molecule has 1 heterocycles. The van der Waals surface area contributed by atoms with Crippen LogP contribution in [-0.2, 0) is 11.3 Å². The lowest BCUT2D eigenvalue weighted by atomic mass is 10.1. The number of aromatic nitrogens is 1. The van der Waals surface area contributed by atoms with Gasteiger partial charge in [-0.05, 0) is 25.3 Å². The molecule has 0 spiro atoms. The van der Waals surface area contributed by atoms with Gasteiger partial charge in [-0.2, -0.15) is 0 Å². The van der Waals surface area contributed by atoms with Crippen LogP contribution in [0.1, 0.15) is 45.6 Å². The molecule has 0 amide bonds. The molecule has 4 nitrogen and oxygen atoms in total. The van der Waals surface area contributed by atoms with Crippen molar-refractivity contribution in [1.29, 1.82) is 0 Å². The fourth-order valence-corrected chi connectivity index (χ4v) is 2.59. The molecule has 21 heavy (non-hydrogen) atoms. The fourth-order valence-electron chi connectivity index (χ4n) is 2.59. The smallest absolute Gasteiger partial charge is 0.130 e. The maximum atomic E-state index is 5.27. The van der Waals surface area contributed by atoms with E-state index in [1.54, 1.807) is 7.11 Å². The van der Waals surface area contributed by atoms with E-state index in [0.717, 1.165) is 51.3 Å². The fraction of sp³-hybridized carbons (Fsp3) is 0.706. The molecule has 0 aromatic carbocycles. The normalized spacial score (nSPS) is 11.3. The zero-order valence-electron chi connectivity index (χ0n) is 14.1. The zero-order valence-corrected chi connectivity index (χ0v) is 14.1. The third-order valence-corrected chi connectivity index (χ3v) is 3.85. The highest BCUT2D eigenvalue weighted by Gasteiger charge is 2.16. The van der Waals surface area contributed by atoms with E-state index in [2.05, 4.69) is 42.0 Å². The molecular formula is C17H31N3O. The summed E-state index contributed by atoms with van der Waals surface area (Å²) in [6, 6.07) is 4.79. The minimum absolute atomic E-state index is 0.597. The third-order valence-electron chi connectivity index (χ3n) is 3.85. The van der Waals surface area contributed by atoms with E-state index < -0.39 is 0 Å². The lowest BCUT2D eigenvalue weighted by Gasteiger charge is -2.30. The molecule has 1 aromatic rings. The van der Waals surface area contributed by atoms with Crippen molar-refractivity contribution in [2.75, 3.05) is 32.1 Å². The van der Waals surface area contributed by atoms with Crippen LogP contribution in [0.5, 0.6) is 0 Å². The van der Waals surface area contributed by atoms with Gasteiger partial charge in [-0.15, -0.1) is 0 Å². The lowest BCUT2D eigenvalue weighted by Crippen LogP contribution is -2.36. The Morgan fingerprint density at radius 1 is 1.29 bits per heavy atom. The van der Waals surface area contributed by atoms with Crippen molar-refractivity contribution in [2.45, 2.75) is 52.6 Å². The van der Waals surface area contributed by atoms with Crippen molar-refractivity contribution in [2.24, 2.45) is 0 Å². The predicted octanol–water partition coefficient (Wildman–Crippen LogP) is 3.54. The Balaban J connectivity index is 2.81. The molecule has 1 aromatic heterocycles. The summed E-state index contributed by atoms with van der Waals surface area (Å²) in [7, 11) is 1.77. The largest absolute Gasteiger partial charge is 0.383 e. The Kier molecular flexibility index (Phi) is 9.02. The molecule has 0 radical (unpaired) electrons. The molecule has 1 rings (SSSR count). The van der Waals surface area contributed by atoms with Gasteiger partial charge in [0.05, 0.1) is 6.61 Å². The summed E-state index contributed by atoms with van der Waals surface area (Å²) in [5.41, 5.74) is 1.27. The third kappa shape index (κ3) is 6.02. The Morgan fingerprint density at radius 3 is 2.67 bits per heavy atom. The number of anilines is 1. The van der Waals surface area contributed by atoms with Gasteiger partial charge in [0, 0.05) is 44.5 Å². The maximum absolute atomic E-state index is 5.27. The summed E-state index contributed by atoms with van der Waals surface area (Å²) < 4.78 is 5.27. The Morgan fingerprint density at radius 2 is 2.05 bits per heavy atom. The summed E-state index contributed by atoms with van der Waals surface area (Å²) in [6.45, 7) is 10.3. The summed E-state index contributed by atoms with van der Waals surface area (Å²) in [5.74, 6) is 1.02. The molecule has 1 N–H and O–H groups in total. The van der Waals surface area contributed by atoms with Gasteiger partial charge >= 0.3 is 0 Å². The number of nitrogens with zero attached hydrogens (tertiary/aromatic N) is 2. The highest BCUT2D eigenvalue weighted by Crippen LogP contribution is 2.18. The zero-order chi connectivity index (χ0) is 15.5. The molecule has 0 fully saturated rings. The SMILES string of the molecule is CCCNc1ncccc1CN(CCOC)C(CC)CC.